The van der Waals surface area contributed by atoms with E-state index in [4.69, 9.17) is 11.6 Å². The van der Waals surface area contributed by atoms with E-state index in [0.717, 1.165) is 0 Å². The molecule has 5 nitrogen and oxygen atoms in total. The SMILES string of the molecule is CC(=O)c1ccc(-n2cnc(Cl)n2)nc1. The maximum atomic E-state index is 11.0. The molecule has 0 aromatic carbocycles. The zero-order valence-electron chi connectivity index (χ0n) is 7.88. The maximum absolute atomic E-state index is 11.0. The lowest BCUT2D eigenvalue weighted by molar-refractivity contribution is 0.101. The van der Waals surface area contributed by atoms with Crippen molar-refractivity contribution in [2.75, 3.05) is 0 Å². The van der Waals surface area contributed by atoms with Crippen molar-refractivity contribution >= 4 is 17.4 Å². The second kappa shape index (κ2) is 3.78. The molecule has 0 atom stereocenters. The highest BCUT2D eigenvalue weighted by atomic mass is 35.5. The van der Waals surface area contributed by atoms with Crippen molar-refractivity contribution in [2.45, 2.75) is 6.92 Å². The van der Waals surface area contributed by atoms with Crippen LogP contribution in [0.25, 0.3) is 5.82 Å². The van der Waals surface area contributed by atoms with Crippen LogP contribution < -0.4 is 0 Å². The Morgan fingerprint density at radius 1 is 1.40 bits per heavy atom. The lowest BCUT2D eigenvalue weighted by Gasteiger charge is -1.99. The Balaban J connectivity index is 2.35. The summed E-state index contributed by atoms with van der Waals surface area (Å²) in [4.78, 5) is 18.8. The molecule has 2 rings (SSSR count). The summed E-state index contributed by atoms with van der Waals surface area (Å²) >= 11 is 5.57. The first kappa shape index (κ1) is 9.79. The van der Waals surface area contributed by atoms with Crippen LogP contribution in [-0.2, 0) is 0 Å². The van der Waals surface area contributed by atoms with E-state index in [1.807, 2.05) is 0 Å². The molecule has 0 aliphatic rings. The predicted molar refractivity (Wildman–Crippen MR) is 54.2 cm³/mol. The van der Waals surface area contributed by atoms with Crippen molar-refractivity contribution in [1.82, 2.24) is 19.7 Å². The normalized spacial score (nSPS) is 10.3. The molecule has 0 bridgehead atoms. The van der Waals surface area contributed by atoms with Crippen LogP contribution in [-0.4, -0.2) is 25.5 Å². The van der Waals surface area contributed by atoms with Crippen molar-refractivity contribution in [2.24, 2.45) is 0 Å². The number of pyridine rings is 1. The van der Waals surface area contributed by atoms with Crippen LogP contribution in [0.4, 0.5) is 0 Å². The Morgan fingerprint density at radius 3 is 2.67 bits per heavy atom. The number of carbonyl (C=O) groups excluding carboxylic acids is 1. The monoisotopic (exact) mass is 222 g/mol. The van der Waals surface area contributed by atoms with Gasteiger partial charge in [0.25, 0.3) is 0 Å². The third kappa shape index (κ3) is 2.02. The highest BCUT2D eigenvalue weighted by Crippen LogP contribution is 2.06. The number of ketones is 1. The molecule has 0 spiro atoms. The minimum absolute atomic E-state index is 0.0225. The highest BCUT2D eigenvalue weighted by Gasteiger charge is 2.03. The van der Waals surface area contributed by atoms with E-state index >= 15 is 0 Å². The van der Waals surface area contributed by atoms with Gasteiger partial charge < -0.3 is 0 Å². The molecule has 0 aliphatic carbocycles. The number of carbonyl (C=O) groups is 1. The minimum Gasteiger partial charge on any atom is -0.294 e. The zero-order chi connectivity index (χ0) is 10.8. The van der Waals surface area contributed by atoms with E-state index in [-0.39, 0.29) is 11.1 Å². The Labute approximate surface area is 90.7 Å². The molecule has 0 saturated heterocycles. The molecule has 0 amide bonds. The zero-order valence-corrected chi connectivity index (χ0v) is 8.64. The largest absolute Gasteiger partial charge is 0.294 e. The van der Waals surface area contributed by atoms with Crippen LogP contribution in [0.5, 0.6) is 0 Å². The van der Waals surface area contributed by atoms with Gasteiger partial charge in [0, 0.05) is 11.8 Å². The third-order valence-corrected chi connectivity index (χ3v) is 2.03. The predicted octanol–water partition coefficient (Wildman–Crippen LogP) is 1.52. The molecular formula is C9H7ClN4O. The summed E-state index contributed by atoms with van der Waals surface area (Å²) < 4.78 is 1.44. The van der Waals surface area contributed by atoms with Crippen LogP contribution in [0.15, 0.2) is 24.7 Å². The summed E-state index contributed by atoms with van der Waals surface area (Å²) in [5, 5.41) is 4.04. The van der Waals surface area contributed by atoms with Crippen LogP contribution >= 0.6 is 11.6 Å². The van der Waals surface area contributed by atoms with Gasteiger partial charge in [0.15, 0.2) is 11.6 Å². The number of hydrogen-bond acceptors (Lipinski definition) is 4. The van der Waals surface area contributed by atoms with Gasteiger partial charge in [0.2, 0.25) is 5.28 Å². The van der Waals surface area contributed by atoms with Crippen molar-refractivity contribution in [1.29, 1.82) is 0 Å². The summed E-state index contributed by atoms with van der Waals surface area (Å²) in [5.74, 6) is 0.546. The van der Waals surface area contributed by atoms with Gasteiger partial charge in [0.1, 0.15) is 6.33 Å². The molecular weight excluding hydrogens is 216 g/mol. The van der Waals surface area contributed by atoms with Gasteiger partial charge in [-0.05, 0) is 30.7 Å². The first-order valence-corrected chi connectivity index (χ1v) is 4.59. The van der Waals surface area contributed by atoms with E-state index in [1.54, 1.807) is 12.1 Å². The van der Waals surface area contributed by atoms with E-state index in [9.17, 15) is 4.79 Å². The number of aromatic nitrogens is 4. The summed E-state index contributed by atoms with van der Waals surface area (Å²) in [5.41, 5.74) is 0.560. The standard InChI is InChI=1S/C9H7ClN4O/c1-6(15)7-2-3-8(11-4-7)14-5-12-9(10)13-14/h2-5H,1H3. The van der Waals surface area contributed by atoms with Gasteiger partial charge in [-0.1, -0.05) is 0 Å². The van der Waals surface area contributed by atoms with Gasteiger partial charge in [-0.25, -0.2) is 14.6 Å². The summed E-state index contributed by atoms with van der Waals surface area (Å²) in [6.07, 6.45) is 2.95. The fourth-order valence-corrected chi connectivity index (χ4v) is 1.21. The van der Waals surface area contributed by atoms with E-state index in [2.05, 4.69) is 15.1 Å². The van der Waals surface area contributed by atoms with E-state index < -0.39 is 0 Å². The molecule has 0 saturated carbocycles. The molecule has 0 radical (unpaired) electrons. The first-order chi connectivity index (χ1) is 7.16. The van der Waals surface area contributed by atoms with Gasteiger partial charge in [-0.2, -0.15) is 0 Å². The fourth-order valence-electron chi connectivity index (χ4n) is 1.08. The minimum atomic E-state index is -0.0225. The molecule has 2 heterocycles. The smallest absolute Gasteiger partial charge is 0.242 e. The molecule has 15 heavy (non-hydrogen) atoms. The summed E-state index contributed by atoms with van der Waals surface area (Å²) in [6.45, 7) is 1.49. The number of rotatable bonds is 2. The van der Waals surface area contributed by atoms with Crippen molar-refractivity contribution in [3.8, 4) is 5.82 Å². The number of nitrogens with zero attached hydrogens (tertiary/aromatic N) is 4. The number of halogens is 1. The van der Waals surface area contributed by atoms with Crippen molar-refractivity contribution in [3.63, 3.8) is 0 Å². The van der Waals surface area contributed by atoms with Gasteiger partial charge >= 0.3 is 0 Å². The molecule has 2 aromatic heterocycles. The Bertz CT molecular complexity index is 491. The lowest BCUT2D eigenvalue weighted by Crippen LogP contribution is -2.00. The molecule has 0 unspecified atom stereocenters. The summed E-state index contributed by atoms with van der Waals surface area (Å²) in [7, 11) is 0. The second-order valence-electron chi connectivity index (χ2n) is 2.92. The average molecular weight is 223 g/mol. The van der Waals surface area contributed by atoms with Crippen molar-refractivity contribution in [3.05, 3.63) is 35.5 Å². The average Bonchev–Trinajstić information content (AvgIpc) is 2.65. The topological polar surface area (TPSA) is 60.7 Å². The van der Waals surface area contributed by atoms with Crippen molar-refractivity contribution < 1.29 is 4.79 Å². The Morgan fingerprint density at radius 2 is 2.20 bits per heavy atom. The maximum Gasteiger partial charge on any atom is 0.242 e. The van der Waals surface area contributed by atoms with E-state index in [1.165, 1.54) is 24.1 Å². The Kier molecular flexibility index (Phi) is 2.47. The molecule has 76 valence electrons. The molecule has 2 aromatic rings. The second-order valence-corrected chi connectivity index (χ2v) is 3.26. The fraction of sp³-hybridized carbons (Fsp3) is 0.111. The molecule has 6 heteroatoms. The first-order valence-electron chi connectivity index (χ1n) is 4.21. The lowest BCUT2D eigenvalue weighted by atomic mass is 10.2. The molecule has 0 fully saturated rings. The molecule has 0 aliphatic heterocycles. The summed E-state index contributed by atoms with van der Waals surface area (Å²) in [6, 6.07) is 3.36. The van der Waals surface area contributed by atoms with E-state index in [0.29, 0.717) is 11.4 Å². The van der Waals surface area contributed by atoms with Gasteiger partial charge in [-0.15, -0.1) is 5.10 Å². The third-order valence-electron chi connectivity index (χ3n) is 1.85. The number of Topliss-reactive ketones (excluding diaryl/α,β-unsaturated/α-hetero) is 1. The highest BCUT2D eigenvalue weighted by molar-refractivity contribution is 6.28. The van der Waals surface area contributed by atoms with Crippen LogP contribution in [0.2, 0.25) is 5.28 Å². The van der Waals surface area contributed by atoms with Crippen LogP contribution in [0.1, 0.15) is 17.3 Å². The van der Waals surface area contributed by atoms with Crippen LogP contribution in [0, 0.1) is 0 Å². The van der Waals surface area contributed by atoms with Gasteiger partial charge in [-0.3, -0.25) is 4.79 Å². The van der Waals surface area contributed by atoms with Crippen LogP contribution in [0.3, 0.4) is 0 Å². The Hall–Kier alpha value is -1.75. The quantitative estimate of drug-likeness (QED) is 0.723. The van der Waals surface area contributed by atoms with Gasteiger partial charge in [0.05, 0.1) is 0 Å². The molecule has 0 N–H and O–H groups in total. The number of hydrogen-bond donors (Lipinski definition) is 0.